The average Bonchev–Trinajstić information content (AvgIpc) is 2.15. The summed E-state index contributed by atoms with van der Waals surface area (Å²) in [6.45, 7) is 4.76. The monoisotopic (exact) mass is 226 g/mol. The third-order valence-electron chi connectivity index (χ3n) is 3.22. The maximum Gasteiger partial charge on any atom is 0.223 e. The first-order valence-corrected chi connectivity index (χ1v) is 6.05. The second kappa shape index (κ2) is 5.87. The molecular formula is C12H22N2O2. The zero-order chi connectivity index (χ0) is 12.1. The van der Waals surface area contributed by atoms with Crippen molar-refractivity contribution in [3.05, 3.63) is 0 Å². The van der Waals surface area contributed by atoms with Gasteiger partial charge in [-0.3, -0.25) is 9.59 Å². The average molecular weight is 226 g/mol. The Morgan fingerprint density at radius 1 is 1.19 bits per heavy atom. The van der Waals surface area contributed by atoms with Gasteiger partial charge in [-0.15, -0.1) is 0 Å². The van der Waals surface area contributed by atoms with Gasteiger partial charge in [0, 0.05) is 18.9 Å². The van der Waals surface area contributed by atoms with E-state index in [1.165, 1.54) is 6.42 Å². The predicted molar refractivity (Wildman–Crippen MR) is 62.5 cm³/mol. The van der Waals surface area contributed by atoms with Gasteiger partial charge in [0.1, 0.15) is 0 Å². The smallest absolute Gasteiger partial charge is 0.223 e. The van der Waals surface area contributed by atoms with Crippen LogP contribution in [0.15, 0.2) is 0 Å². The number of hydrogen-bond acceptors (Lipinski definition) is 2. The first-order valence-electron chi connectivity index (χ1n) is 6.05. The molecule has 0 unspecified atom stereocenters. The summed E-state index contributed by atoms with van der Waals surface area (Å²) in [6.07, 6.45) is 3.37. The molecule has 3 N–H and O–H groups in total. The highest BCUT2D eigenvalue weighted by atomic mass is 16.2. The lowest BCUT2D eigenvalue weighted by atomic mass is 9.76. The summed E-state index contributed by atoms with van der Waals surface area (Å²) in [5, 5.41) is 2.79. The fraction of sp³-hybridized carbons (Fsp3) is 0.833. The highest BCUT2D eigenvalue weighted by Gasteiger charge is 2.28. The fourth-order valence-electron chi connectivity index (χ4n) is 2.61. The third-order valence-corrected chi connectivity index (χ3v) is 3.22. The Bertz CT molecular complexity index is 256. The van der Waals surface area contributed by atoms with Crippen LogP contribution in [-0.2, 0) is 9.59 Å². The molecule has 0 spiro atoms. The summed E-state index contributed by atoms with van der Waals surface area (Å²) in [7, 11) is 0. The lowest BCUT2D eigenvalue weighted by molar-refractivity contribution is -0.127. The molecule has 4 nitrogen and oxygen atoms in total. The third kappa shape index (κ3) is 4.21. The normalized spacial score (nSPS) is 29.8. The molecule has 0 radical (unpaired) electrons. The number of carbonyl (C=O) groups is 2. The Balaban J connectivity index is 2.32. The van der Waals surface area contributed by atoms with Crippen molar-refractivity contribution >= 4 is 11.8 Å². The molecule has 1 saturated carbocycles. The Labute approximate surface area is 97.0 Å². The van der Waals surface area contributed by atoms with Crippen molar-refractivity contribution in [1.82, 2.24) is 5.32 Å². The summed E-state index contributed by atoms with van der Waals surface area (Å²) >= 11 is 0. The van der Waals surface area contributed by atoms with Crippen molar-refractivity contribution in [1.29, 1.82) is 0 Å². The molecule has 0 aromatic carbocycles. The van der Waals surface area contributed by atoms with Gasteiger partial charge in [-0.1, -0.05) is 13.8 Å². The van der Waals surface area contributed by atoms with Gasteiger partial charge in [-0.2, -0.15) is 0 Å². The molecule has 0 aliphatic heterocycles. The van der Waals surface area contributed by atoms with Crippen LogP contribution in [0.5, 0.6) is 0 Å². The molecular weight excluding hydrogens is 204 g/mol. The Morgan fingerprint density at radius 3 is 2.25 bits per heavy atom. The number of nitrogens with two attached hydrogens (primary N) is 1. The van der Waals surface area contributed by atoms with Crippen molar-refractivity contribution in [2.75, 3.05) is 6.54 Å². The lowest BCUT2D eigenvalue weighted by Gasteiger charge is -2.30. The van der Waals surface area contributed by atoms with Crippen molar-refractivity contribution in [3.8, 4) is 0 Å². The summed E-state index contributed by atoms with van der Waals surface area (Å²) in [5.74, 6) is 1.07. The van der Waals surface area contributed by atoms with Crippen molar-refractivity contribution in [2.45, 2.75) is 39.5 Å². The van der Waals surface area contributed by atoms with Crippen LogP contribution in [0, 0.1) is 17.8 Å². The summed E-state index contributed by atoms with van der Waals surface area (Å²) in [5.41, 5.74) is 5.01. The van der Waals surface area contributed by atoms with Crippen LogP contribution in [0.3, 0.4) is 0 Å². The quantitative estimate of drug-likeness (QED) is 0.752. The van der Waals surface area contributed by atoms with Crippen LogP contribution in [0.25, 0.3) is 0 Å². The molecule has 3 atom stereocenters. The second-order valence-electron chi connectivity index (χ2n) is 5.12. The van der Waals surface area contributed by atoms with E-state index in [0.29, 0.717) is 18.4 Å². The van der Waals surface area contributed by atoms with Crippen LogP contribution in [0.1, 0.15) is 39.5 Å². The van der Waals surface area contributed by atoms with E-state index in [1.807, 2.05) is 0 Å². The van der Waals surface area contributed by atoms with Crippen LogP contribution in [0.2, 0.25) is 0 Å². The molecule has 2 amide bonds. The maximum atomic E-state index is 11.8. The first kappa shape index (κ1) is 13.0. The molecule has 1 aliphatic rings. The molecule has 0 saturated heterocycles. The largest absolute Gasteiger partial charge is 0.370 e. The Kier molecular flexibility index (Phi) is 4.77. The number of nitrogens with one attached hydrogen (secondary N) is 1. The molecule has 0 aromatic heterocycles. The number of rotatable bonds is 4. The van der Waals surface area contributed by atoms with E-state index in [-0.39, 0.29) is 24.2 Å². The van der Waals surface area contributed by atoms with Gasteiger partial charge in [0.25, 0.3) is 0 Å². The van der Waals surface area contributed by atoms with Gasteiger partial charge in [0.15, 0.2) is 0 Å². The summed E-state index contributed by atoms with van der Waals surface area (Å²) in [4.78, 5) is 22.3. The molecule has 16 heavy (non-hydrogen) atoms. The maximum absolute atomic E-state index is 11.8. The summed E-state index contributed by atoms with van der Waals surface area (Å²) in [6, 6.07) is 0. The van der Waals surface area contributed by atoms with Crippen molar-refractivity contribution in [3.63, 3.8) is 0 Å². The van der Waals surface area contributed by atoms with Crippen LogP contribution in [-0.4, -0.2) is 18.4 Å². The number of carbonyl (C=O) groups excluding carboxylic acids is 2. The van der Waals surface area contributed by atoms with Gasteiger partial charge in [0.05, 0.1) is 0 Å². The number of amides is 2. The Hall–Kier alpha value is -1.06. The molecule has 92 valence electrons. The van der Waals surface area contributed by atoms with Crippen LogP contribution in [0.4, 0.5) is 0 Å². The van der Waals surface area contributed by atoms with Gasteiger partial charge in [0.2, 0.25) is 11.8 Å². The molecule has 1 aliphatic carbocycles. The van der Waals surface area contributed by atoms with Gasteiger partial charge in [-0.05, 0) is 31.1 Å². The first-order chi connectivity index (χ1) is 7.49. The van der Waals surface area contributed by atoms with E-state index < -0.39 is 0 Å². The molecule has 4 heteroatoms. The zero-order valence-electron chi connectivity index (χ0n) is 10.2. The fourth-order valence-corrected chi connectivity index (χ4v) is 2.61. The minimum atomic E-state index is -0.370. The molecule has 0 heterocycles. The van der Waals surface area contributed by atoms with E-state index in [0.717, 1.165) is 12.8 Å². The number of primary amides is 1. The Morgan fingerprint density at radius 2 is 1.75 bits per heavy atom. The van der Waals surface area contributed by atoms with Gasteiger partial charge >= 0.3 is 0 Å². The van der Waals surface area contributed by atoms with E-state index >= 15 is 0 Å². The van der Waals surface area contributed by atoms with E-state index in [4.69, 9.17) is 5.73 Å². The molecule has 0 aromatic rings. The van der Waals surface area contributed by atoms with Gasteiger partial charge in [-0.25, -0.2) is 0 Å². The molecule has 1 fully saturated rings. The molecule has 0 bridgehead atoms. The van der Waals surface area contributed by atoms with Crippen LogP contribution >= 0.6 is 0 Å². The highest BCUT2D eigenvalue weighted by Crippen LogP contribution is 2.32. The van der Waals surface area contributed by atoms with E-state index in [1.54, 1.807) is 0 Å². The van der Waals surface area contributed by atoms with E-state index in [2.05, 4.69) is 19.2 Å². The van der Waals surface area contributed by atoms with Crippen molar-refractivity contribution < 1.29 is 9.59 Å². The highest BCUT2D eigenvalue weighted by molar-refractivity contribution is 5.80. The zero-order valence-corrected chi connectivity index (χ0v) is 10.2. The summed E-state index contributed by atoms with van der Waals surface area (Å²) < 4.78 is 0. The van der Waals surface area contributed by atoms with Crippen molar-refractivity contribution in [2.24, 2.45) is 23.5 Å². The number of hydrogen-bond donors (Lipinski definition) is 2. The topological polar surface area (TPSA) is 72.2 Å². The molecule has 1 rings (SSSR count). The lowest BCUT2D eigenvalue weighted by Crippen LogP contribution is -2.36. The van der Waals surface area contributed by atoms with E-state index in [9.17, 15) is 9.59 Å². The second-order valence-corrected chi connectivity index (χ2v) is 5.12. The SMILES string of the molecule is C[C@@H]1C[C@H](C)C[C@H](C(=O)NCCC(N)=O)C1. The minimum Gasteiger partial charge on any atom is -0.370 e. The predicted octanol–water partition coefficient (Wildman–Crippen LogP) is 1.05. The van der Waals surface area contributed by atoms with Crippen LogP contribution < -0.4 is 11.1 Å². The minimum absolute atomic E-state index is 0.0830. The van der Waals surface area contributed by atoms with Gasteiger partial charge < -0.3 is 11.1 Å². The standard InChI is InChI=1S/C12H22N2O2/c1-8-5-9(2)7-10(6-8)12(16)14-4-3-11(13)15/h8-10H,3-7H2,1-2H3,(H2,13,15)(H,14,16)/t8-,9+,10-.